The summed E-state index contributed by atoms with van der Waals surface area (Å²) < 4.78 is 6.22. The van der Waals surface area contributed by atoms with Crippen LogP contribution in [0.15, 0.2) is 12.2 Å². The van der Waals surface area contributed by atoms with Gasteiger partial charge in [0.05, 0.1) is 0 Å². The molecule has 2 heteroatoms. The maximum absolute atomic E-state index is 6.22. The van der Waals surface area contributed by atoms with Gasteiger partial charge in [-0.1, -0.05) is 78.4 Å². The molecule has 132 valence electrons. The first-order chi connectivity index (χ1) is 10.3. The van der Waals surface area contributed by atoms with E-state index in [1.807, 2.05) is 0 Å². The smallest absolute Gasteiger partial charge is 0.191 e. The third-order valence-corrected chi connectivity index (χ3v) is 9.46. The van der Waals surface area contributed by atoms with Gasteiger partial charge in [0, 0.05) is 6.61 Å². The van der Waals surface area contributed by atoms with E-state index in [4.69, 9.17) is 4.43 Å². The molecule has 0 atom stereocenters. The van der Waals surface area contributed by atoms with Gasteiger partial charge in [-0.3, -0.25) is 0 Å². The summed E-state index contributed by atoms with van der Waals surface area (Å²) in [4.78, 5) is 0. The molecule has 0 aliphatic heterocycles. The fourth-order valence-corrected chi connectivity index (χ4v) is 3.26. The molecule has 0 saturated heterocycles. The van der Waals surface area contributed by atoms with Crippen LogP contribution in [-0.4, -0.2) is 14.9 Å². The van der Waals surface area contributed by atoms with Crippen molar-refractivity contribution < 1.29 is 4.43 Å². The van der Waals surface area contributed by atoms with Crippen molar-refractivity contribution in [2.24, 2.45) is 0 Å². The van der Waals surface area contributed by atoms with Crippen LogP contribution in [0.5, 0.6) is 0 Å². The first-order valence-corrected chi connectivity index (χ1v) is 12.5. The summed E-state index contributed by atoms with van der Waals surface area (Å²) in [5.41, 5.74) is 0. The molecule has 0 aromatic carbocycles. The van der Waals surface area contributed by atoms with Crippen molar-refractivity contribution in [2.75, 3.05) is 6.61 Å². The molecule has 0 aromatic heterocycles. The quantitative estimate of drug-likeness (QED) is 0.193. The second kappa shape index (κ2) is 12.4. The second-order valence-electron chi connectivity index (χ2n) is 8.13. The lowest BCUT2D eigenvalue weighted by Crippen LogP contribution is -2.40. The van der Waals surface area contributed by atoms with Crippen molar-refractivity contribution in [2.45, 2.75) is 110 Å². The molecule has 0 aliphatic carbocycles. The molecule has 0 fully saturated rings. The lowest BCUT2D eigenvalue weighted by molar-refractivity contribution is 0.277. The van der Waals surface area contributed by atoms with Crippen molar-refractivity contribution in [1.29, 1.82) is 0 Å². The van der Waals surface area contributed by atoms with Crippen LogP contribution in [0, 0.1) is 0 Å². The molecule has 0 amide bonds. The minimum atomic E-state index is -1.51. The number of hydrogen-bond acceptors (Lipinski definition) is 1. The predicted octanol–water partition coefficient (Wildman–Crippen LogP) is 7.49. The Bertz CT molecular complexity index is 276. The number of unbranched alkanes of at least 4 members (excludes halogenated alkanes) is 8. The Morgan fingerprint density at radius 1 is 0.773 bits per heavy atom. The van der Waals surface area contributed by atoms with Gasteiger partial charge in [0.25, 0.3) is 0 Å². The van der Waals surface area contributed by atoms with E-state index in [2.05, 4.69) is 52.9 Å². The van der Waals surface area contributed by atoms with Gasteiger partial charge in [-0.25, -0.2) is 0 Å². The Labute approximate surface area is 142 Å². The van der Waals surface area contributed by atoms with Gasteiger partial charge >= 0.3 is 0 Å². The fraction of sp³-hybridized carbons (Fsp3) is 0.900. The standard InChI is InChI=1S/C20H42OSi/c1-7-8-9-10-11-12-13-14-15-16-17-18-19-21-22(5,6)20(2,3)4/h10-11H,7-9,12-19H2,1-6H3/b11-10-. The summed E-state index contributed by atoms with van der Waals surface area (Å²) in [5, 5.41) is 0.345. The van der Waals surface area contributed by atoms with Gasteiger partial charge in [-0.2, -0.15) is 0 Å². The van der Waals surface area contributed by atoms with Gasteiger partial charge in [-0.15, -0.1) is 0 Å². The van der Waals surface area contributed by atoms with Crippen LogP contribution in [0.1, 0.15) is 91.9 Å². The normalized spacial score (nSPS) is 13.2. The number of rotatable bonds is 13. The monoisotopic (exact) mass is 326 g/mol. The maximum Gasteiger partial charge on any atom is 0.191 e. The summed E-state index contributed by atoms with van der Waals surface area (Å²) in [6.45, 7) is 14.9. The molecular formula is C20H42OSi. The Balaban J connectivity index is 3.36. The largest absolute Gasteiger partial charge is 0.417 e. The molecule has 0 bridgehead atoms. The van der Waals surface area contributed by atoms with Crippen molar-refractivity contribution >= 4 is 8.32 Å². The summed E-state index contributed by atoms with van der Waals surface area (Å²) in [7, 11) is -1.51. The minimum absolute atomic E-state index is 0.345. The molecule has 0 spiro atoms. The van der Waals surface area contributed by atoms with Crippen LogP contribution in [-0.2, 0) is 4.43 Å². The molecule has 0 unspecified atom stereocenters. The zero-order chi connectivity index (χ0) is 16.9. The van der Waals surface area contributed by atoms with Crippen molar-refractivity contribution in [1.82, 2.24) is 0 Å². The predicted molar refractivity (Wildman–Crippen MR) is 104 cm³/mol. The highest BCUT2D eigenvalue weighted by Gasteiger charge is 2.36. The van der Waals surface area contributed by atoms with Crippen molar-refractivity contribution in [3.63, 3.8) is 0 Å². The summed E-state index contributed by atoms with van der Waals surface area (Å²) in [6, 6.07) is 0. The molecule has 0 aromatic rings. The Morgan fingerprint density at radius 3 is 1.82 bits per heavy atom. The third-order valence-electron chi connectivity index (χ3n) is 4.93. The molecule has 0 aliphatic rings. The maximum atomic E-state index is 6.22. The van der Waals surface area contributed by atoms with E-state index in [9.17, 15) is 0 Å². The highest BCUT2D eigenvalue weighted by molar-refractivity contribution is 6.74. The van der Waals surface area contributed by atoms with Gasteiger partial charge in [0.15, 0.2) is 8.32 Å². The van der Waals surface area contributed by atoms with Crippen LogP contribution in [0.2, 0.25) is 18.1 Å². The number of allylic oxidation sites excluding steroid dienone is 2. The molecule has 0 rings (SSSR count). The highest BCUT2D eigenvalue weighted by atomic mass is 28.4. The van der Waals surface area contributed by atoms with Gasteiger partial charge in [0.1, 0.15) is 0 Å². The van der Waals surface area contributed by atoms with Crippen molar-refractivity contribution in [3.8, 4) is 0 Å². The summed E-state index contributed by atoms with van der Waals surface area (Å²) in [5.74, 6) is 0. The van der Waals surface area contributed by atoms with E-state index in [-0.39, 0.29) is 0 Å². The van der Waals surface area contributed by atoms with Crippen LogP contribution in [0.4, 0.5) is 0 Å². The van der Waals surface area contributed by atoms with Crippen LogP contribution < -0.4 is 0 Å². The first-order valence-electron chi connectivity index (χ1n) is 9.60. The SMILES string of the molecule is CCCC/C=C\CCCCCCCCO[Si](C)(C)C(C)(C)C. The summed E-state index contributed by atoms with van der Waals surface area (Å²) in [6.07, 6.45) is 18.0. The van der Waals surface area contributed by atoms with Crippen LogP contribution in [0.25, 0.3) is 0 Å². The molecular weight excluding hydrogens is 284 g/mol. The first kappa shape index (κ1) is 21.9. The average molecular weight is 327 g/mol. The van der Waals surface area contributed by atoms with Crippen LogP contribution >= 0.6 is 0 Å². The Kier molecular flexibility index (Phi) is 12.3. The van der Waals surface area contributed by atoms with E-state index >= 15 is 0 Å². The van der Waals surface area contributed by atoms with E-state index in [1.165, 1.54) is 64.2 Å². The van der Waals surface area contributed by atoms with Crippen LogP contribution in [0.3, 0.4) is 0 Å². The van der Waals surface area contributed by atoms with Gasteiger partial charge in [-0.05, 0) is 43.8 Å². The second-order valence-corrected chi connectivity index (χ2v) is 12.9. The molecule has 0 saturated carbocycles. The average Bonchev–Trinajstić information content (AvgIpc) is 2.42. The zero-order valence-corrected chi connectivity index (χ0v) is 17.3. The van der Waals surface area contributed by atoms with Gasteiger partial charge in [0.2, 0.25) is 0 Å². The highest BCUT2D eigenvalue weighted by Crippen LogP contribution is 2.36. The fourth-order valence-electron chi connectivity index (χ4n) is 2.17. The lowest BCUT2D eigenvalue weighted by Gasteiger charge is -2.36. The molecule has 0 N–H and O–H groups in total. The van der Waals surface area contributed by atoms with Gasteiger partial charge < -0.3 is 4.43 Å². The minimum Gasteiger partial charge on any atom is -0.417 e. The Hall–Kier alpha value is -0.0831. The van der Waals surface area contributed by atoms with E-state index < -0.39 is 8.32 Å². The summed E-state index contributed by atoms with van der Waals surface area (Å²) >= 11 is 0. The zero-order valence-electron chi connectivity index (χ0n) is 16.3. The number of hydrogen-bond donors (Lipinski definition) is 0. The molecule has 22 heavy (non-hydrogen) atoms. The molecule has 0 radical (unpaired) electrons. The molecule has 0 heterocycles. The topological polar surface area (TPSA) is 9.23 Å². The van der Waals surface area contributed by atoms with Crippen molar-refractivity contribution in [3.05, 3.63) is 12.2 Å². The molecule has 1 nitrogen and oxygen atoms in total. The van der Waals surface area contributed by atoms with E-state index in [0.29, 0.717) is 5.04 Å². The lowest BCUT2D eigenvalue weighted by atomic mass is 10.1. The Morgan fingerprint density at radius 2 is 1.27 bits per heavy atom. The van der Waals surface area contributed by atoms with E-state index in [1.54, 1.807) is 0 Å². The van der Waals surface area contributed by atoms with E-state index in [0.717, 1.165) is 6.61 Å². The third kappa shape index (κ3) is 11.5.